The molecule has 0 amide bonds. The summed E-state index contributed by atoms with van der Waals surface area (Å²) in [5.41, 5.74) is 5.55. The van der Waals surface area contributed by atoms with Crippen LogP contribution in [0.15, 0.2) is 18.2 Å². The SMILES string of the molecule is NCC#Cc1cc(O)cc(F)c1. The summed E-state index contributed by atoms with van der Waals surface area (Å²) in [6.45, 7) is 0.220. The van der Waals surface area contributed by atoms with Crippen LogP contribution in [0.5, 0.6) is 5.75 Å². The van der Waals surface area contributed by atoms with Crippen LogP contribution in [-0.4, -0.2) is 11.7 Å². The monoisotopic (exact) mass is 165 g/mol. The van der Waals surface area contributed by atoms with E-state index >= 15 is 0 Å². The Morgan fingerprint density at radius 1 is 1.42 bits per heavy atom. The average molecular weight is 165 g/mol. The summed E-state index contributed by atoms with van der Waals surface area (Å²) in [6, 6.07) is 3.64. The lowest BCUT2D eigenvalue weighted by Gasteiger charge is -1.93. The van der Waals surface area contributed by atoms with Crippen LogP contribution in [0.3, 0.4) is 0 Å². The highest BCUT2D eigenvalue weighted by molar-refractivity contribution is 5.39. The summed E-state index contributed by atoms with van der Waals surface area (Å²) in [6.07, 6.45) is 0. The van der Waals surface area contributed by atoms with Gasteiger partial charge < -0.3 is 10.8 Å². The molecular weight excluding hydrogens is 157 g/mol. The summed E-state index contributed by atoms with van der Waals surface area (Å²) >= 11 is 0. The standard InChI is InChI=1S/C9H8FNO/c10-8-4-7(2-1-3-11)5-9(12)6-8/h4-6,12H,3,11H2. The molecule has 0 heterocycles. The number of halogens is 1. The first-order valence-corrected chi connectivity index (χ1v) is 3.41. The average Bonchev–Trinajstić information content (AvgIpc) is 1.99. The van der Waals surface area contributed by atoms with E-state index in [1.165, 1.54) is 12.1 Å². The molecule has 0 radical (unpaired) electrons. The van der Waals surface area contributed by atoms with E-state index in [1.807, 2.05) is 0 Å². The highest BCUT2D eigenvalue weighted by Gasteiger charge is 1.95. The van der Waals surface area contributed by atoms with Crippen molar-refractivity contribution in [3.63, 3.8) is 0 Å². The number of benzene rings is 1. The molecule has 0 aliphatic carbocycles. The van der Waals surface area contributed by atoms with Gasteiger partial charge in [0.1, 0.15) is 11.6 Å². The highest BCUT2D eigenvalue weighted by Crippen LogP contribution is 2.13. The molecular formula is C9H8FNO. The lowest BCUT2D eigenvalue weighted by Crippen LogP contribution is -1.93. The number of phenolic OH excluding ortho intramolecular Hbond substituents is 1. The van der Waals surface area contributed by atoms with Gasteiger partial charge in [0.05, 0.1) is 6.54 Å². The second-order valence-corrected chi connectivity index (χ2v) is 2.20. The molecule has 0 aliphatic heterocycles. The molecule has 0 unspecified atom stereocenters. The molecule has 0 aliphatic rings. The van der Waals surface area contributed by atoms with Gasteiger partial charge in [0.2, 0.25) is 0 Å². The molecule has 0 aromatic heterocycles. The number of nitrogens with two attached hydrogens (primary N) is 1. The first-order valence-electron chi connectivity index (χ1n) is 3.41. The number of aromatic hydroxyl groups is 1. The fourth-order valence-electron chi connectivity index (χ4n) is 0.799. The summed E-state index contributed by atoms with van der Waals surface area (Å²) < 4.78 is 12.6. The van der Waals surface area contributed by atoms with Crippen molar-refractivity contribution in [1.29, 1.82) is 0 Å². The Morgan fingerprint density at radius 3 is 2.75 bits per heavy atom. The zero-order valence-corrected chi connectivity index (χ0v) is 6.34. The maximum Gasteiger partial charge on any atom is 0.128 e. The van der Waals surface area contributed by atoms with Crippen LogP contribution < -0.4 is 5.73 Å². The van der Waals surface area contributed by atoms with Crippen LogP contribution in [0.2, 0.25) is 0 Å². The Labute approximate surface area is 69.8 Å². The topological polar surface area (TPSA) is 46.2 Å². The molecule has 0 spiro atoms. The van der Waals surface area contributed by atoms with Crippen LogP contribution in [0.1, 0.15) is 5.56 Å². The smallest absolute Gasteiger partial charge is 0.128 e. The minimum absolute atomic E-state index is 0.128. The van der Waals surface area contributed by atoms with Crippen molar-refractivity contribution < 1.29 is 9.50 Å². The van der Waals surface area contributed by atoms with Crippen LogP contribution in [0, 0.1) is 17.7 Å². The third-order valence-electron chi connectivity index (χ3n) is 1.22. The van der Waals surface area contributed by atoms with E-state index in [0.29, 0.717) is 5.56 Å². The first-order chi connectivity index (χ1) is 5.72. The molecule has 0 bridgehead atoms. The fourth-order valence-corrected chi connectivity index (χ4v) is 0.799. The molecule has 1 aromatic carbocycles. The van der Waals surface area contributed by atoms with Crippen molar-refractivity contribution in [2.75, 3.05) is 6.54 Å². The van der Waals surface area contributed by atoms with E-state index in [4.69, 9.17) is 10.8 Å². The Morgan fingerprint density at radius 2 is 2.17 bits per heavy atom. The van der Waals surface area contributed by atoms with Crippen LogP contribution in [0.4, 0.5) is 4.39 Å². The first kappa shape index (κ1) is 8.57. The highest BCUT2D eigenvalue weighted by atomic mass is 19.1. The fraction of sp³-hybridized carbons (Fsp3) is 0.111. The minimum atomic E-state index is -0.503. The number of hydrogen-bond acceptors (Lipinski definition) is 2. The Bertz CT molecular complexity index is 318. The maximum atomic E-state index is 12.6. The van der Waals surface area contributed by atoms with Gasteiger partial charge in [0.25, 0.3) is 0 Å². The predicted octanol–water partition coefficient (Wildman–Crippen LogP) is 0.841. The van der Waals surface area contributed by atoms with Gasteiger partial charge in [0, 0.05) is 11.6 Å². The van der Waals surface area contributed by atoms with Crippen molar-refractivity contribution in [3.05, 3.63) is 29.6 Å². The van der Waals surface area contributed by atoms with Gasteiger partial charge in [-0.1, -0.05) is 11.8 Å². The third kappa shape index (κ3) is 2.26. The van der Waals surface area contributed by atoms with Gasteiger partial charge in [-0.2, -0.15) is 0 Å². The van der Waals surface area contributed by atoms with Crippen molar-refractivity contribution in [1.82, 2.24) is 0 Å². The molecule has 0 atom stereocenters. The second kappa shape index (κ2) is 3.74. The largest absolute Gasteiger partial charge is 0.508 e. The third-order valence-corrected chi connectivity index (χ3v) is 1.22. The Kier molecular flexibility index (Phi) is 2.67. The number of phenols is 1. The van der Waals surface area contributed by atoms with Gasteiger partial charge in [-0.25, -0.2) is 4.39 Å². The van der Waals surface area contributed by atoms with Crippen molar-refractivity contribution in [2.24, 2.45) is 5.73 Å². The molecule has 1 rings (SSSR count). The van der Waals surface area contributed by atoms with E-state index < -0.39 is 5.82 Å². The van der Waals surface area contributed by atoms with Crippen molar-refractivity contribution >= 4 is 0 Å². The normalized spacial score (nSPS) is 8.83. The molecule has 0 saturated carbocycles. The second-order valence-electron chi connectivity index (χ2n) is 2.20. The lowest BCUT2D eigenvalue weighted by atomic mass is 10.2. The lowest BCUT2D eigenvalue weighted by molar-refractivity contribution is 0.469. The van der Waals surface area contributed by atoms with Crippen LogP contribution in [-0.2, 0) is 0 Å². The molecule has 2 nitrogen and oxygen atoms in total. The van der Waals surface area contributed by atoms with E-state index in [9.17, 15) is 4.39 Å². The van der Waals surface area contributed by atoms with Gasteiger partial charge in [-0.3, -0.25) is 0 Å². The molecule has 1 aromatic rings. The molecule has 12 heavy (non-hydrogen) atoms. The molecule has 0 saturated heterocycles. The summed E-state index contributed by atoms with van der Waals surface area (Å²) in [5, 5.41) is 8.95. The molecule has 0 fully saturated rings. The summed E-state index contributed by atoms with van der Waals surface area (Å²) in [5.74, 6) is 4.54. The zero-order valence-electron chi connectivity index (χ0n) is 6.34. The van der Waals surface area contributed by atoms with Crippen LogP contribution in [0.25, 0.3) is 0 Å². The van der Waals surface area contributed by atoms with Gasteiger partial charge in [-0.05, 0) is 12.1 Å². The van der Waals surface area contributed by atoms with E-state index in [0.717, 1.165) is 6.07 Å². The van der Waals surface area contributed by atoms with Gasteiger partial charge >= 0.3 is 0 Å². The Hall–Kier alpha value is -1.53. The number of hydrogen-bond donors (Lipinski definition) is 2. The maximum absolute atomic E-state index is 12.6. The predicted molar refractivity (Wildman–Crippen MR) is 44.0 cm³/mol. The quantitative estimate of drug-likeness (QED) is 0.559. The van der Waals surface area contributed by atoms with Crippen LogP contribution >= 0.6 is 0 Å². The number of rotatable bonds is 0. The van der Waals surface area contributed by atoms with Gasteiger partial charge in [0.15, 0.2) is 0 Å². The summed E-state index contributed by atoms with van der Waals surface area (Å²) in [7, 11) is 0. The van der Waals surface area contributed by atoms with E-state index in [-0.39, 0.29) is 12.3 Å². The van der Waals surface area contributed by atoms with E-state index in [1.54, 1.807) is 0 Å². The van der Waals surface area contributed by atoms with Crippen molar-refractivity contribution in [2.45, 2.75) is 0 Å². The van der Waals surface area contributed by atoms with E-state index in [2.05, 4.69) is 11.8 Å². The minimum Gasteiger partial charge on any atom is -0.508 e. The zero-order chi connectivity index (χ0) is 8.97. The molecule has 3 heteroatoms. The molecule has 3 N–H and O–H groups in total. The summed E-state index contributed by atoms with van der Waals surface area (Å²) in [4.78, 5) is 0. The van der Waals surface area contributed by atoms with Crippen molar-refractivity contribution in [3.8, 4) is 17.6 Å². The molecule has 62 valence electrons. The van der Waals surface area contributed by atoms with Gasteiger partial charge in [-0.15, -0.1) is 0 Å². The Balaban J connectivity index is 3.01.